The molecule has 6 nitrogen and oxygen atoms in total. The summed E-state index contributed by atoms with van der Waals surface area (Å²) in [5.41, 5.74) is 0.496. The molecule has 1 aromatic carbocycles. The van der Waals surface area contributed by atoms with Crippen LogP contribution in [0.25, 0.3) is 0 Å². The average Bonchev–Trinajstić information content (AvgIpc) is 2.93. The molecule has 21 heavy (non-hydrogen) atoms. The number of anilines is 1. The lowest BCUT2D eigenvalue weighted by atomic mass is 10.1. The minimum absolute atomic E-state index is 0.119. The molecule has 0 bridgehead atoms. The maximum Gasteiger partial charge on any atom is 0.340 e. The van der Waals surface area contributed by atoms with E-state index in [4.69, 9.17) is 13.9 Å². The first-order valence-corrected chi connectivity index (χ1v) is 6.67. The predicted octanol–water partition coefficient (Wildman–Crippen LogP) is 3.09. The third-order valence-corrected chi connectivity index (χ3v) is 3.10. The number of ether oxygens (including phenoxy) is 2. The second-order valence-corrected chi connectivity index (χ2v) is 4.74. The zero-order chi connectivity index (χ0) is 15.4. The molecule has 0 aliphatic carbocycles. The number of carbonyl (C=O) groups excluding carboxylic acids is 2. The molecule has 1 aromatic heterocycles. The van der Waals surface area contributed by atoms with Gasteiger partial charge in [0.25, 0.3) is 5.91 Å². The van der Waals surface area contributed by atoms with Crippen LogP contribution in [-0.2, 0) is 4.74 Å². The van der Waals surface area contributed by atoms with E-state index in [0.717, 1.165) is 0 Å². The highest BCUT2D eigenvalue weighted by Crippen LogP contribution is 2.24. The Kier molecular flexibility index (Phi) is 4.64. The van der Waals surface area contributed by atoms with Gasteiger partial charge >= 0.3 is 5.97 Å². The molecule has 0 unspecified atom stereocenters. The van der Waals surface area contributed by atoms with Gasteiger partial charge < -0.3 is 19.2 Å². The fraction of sp³-hybridized carbons (Fsp3) is 0.143. The van der Waals surface area contributed by atoms with Gasteiger partial charge in [0.1, 0.15) is 5.75 Å². The first kappa shape index (κ1) is 15.1. The van der Waals surface area contributed by atoms with Gasteiger partial charge in [-0.3, -0.25) is 4.79 Å². The number of amides is 1. The molecule has 0 aliphatic rings. The summed E-state index contributed by atoms with van der Waals surface area (Å²) in [7, 11) is 2.74. The highest BCUT2D eigenvalue weighted by Gasteiger charge is 2.17. The van der Waals surface area contributed by atoms with Gasteiger partial charge in [-0.05, 0) is 46.3 Å². The number of esters is 1. The van der Waals surface area contributed by atoms with Crippen LogP contribution < -0.4 is 10.1 Å². The lowest BCUT2D eigenvalue weighted by Gasteiger charge is -2.10. The number of hydrogen-bond donors (Lipinski definition) is 1. The molecule has 2 rings (SSSR count). The number of hydrogen-bond acceptors (Lipinski definition) is 5. The number of benzene rings is 1. The van der Waals surface area contributed by atoms with E-state index in [1.54, 1.807) is 18.2 Å². The molecule has 1 N–H and O–H groups in total. The van der Waals surface area contributed by atoms with Crippen LogP contribution in [0, 0.1) is 0 Å². The Balaban J connectivity index is 2.30. The average molecular weight is 354 g/mol. The van der Waals surface area contributed by atoms with Crippen molar-refractivity contribution in [3.8, 4) is 5.75 Å². The molecule has 0 radical (unpaired) electrons. The molecule has 1 heterocycles. The van der Waals surface area contributed by atoms with E-state index in [9.17, 15) is 9.59 Å². The van der Waals surface area contributed by atoms with E-state index in [2.05, 4.69) is 21.2 Å². The van der Waals surface area contributed by atoms with Crippen LogP contribution in [0.4, 0.5) is 5.69 Å². The fourth-order valence-electron chi connectivity index (χ4n) is 1.66. The summed E-state index contributed by atoms with van der Waals surface area (Å²) in [4.78, 5) is 23.8. The Morgan fingerprint density at radius 3 is 2.52 bits per heavy atom. The van der Waals surface area contributed by atoms with Crippen molar-refractivity contribution in [2.45, 2.75) is 0 Å². The lowest BCUT2D eigenvalue weighted by Crippen LogP contribution is -2.15. The number of furan rings is 1. The summed E-state index contributed by atoms with van der Waals surface area (Å²) >= 11 is 3.12. The molecule has 0 saturated heterocycles. The molecule has 110 valence electrons. The van der Waals surface area contributed by atoms with E-state index in [1.165, 1.54) is 26.4 Å². The number of rotatable bonds is 4. The molecule has 0 atom stereocenters. The van der Waals surface area contributed by atoms with Crippen molar-refractivity contribution in [3.05, 3.63) is 46.3 Å². The standard InChI is InChI=1S/C14H12BrNO5/c1-19-8-3-4-10(9(7-8)14(18)20-2)16-13(17)11-5-6-12(15)21-11/h3-7H,1-2H3,(H,16,17). The number of carbonyl (C=O) groups is 2. The topological polar surface area (TPSA) is 77.8 Å². The first-order valence-electron chi connectivity index (χ1n) is 5.88. The summed E-state index contributed by atoms with van der Waals surface area (Å²) in [5, 5.41) is 2.60. The summed E-state index contributed by atoms with van der Waals surface area (Å²) < 4.78 is 15.3. The molecular weight excluding hydrogens is 342 g/mol. The van der Waals surface area contributed by atoms with Crippen molar-refractivity contribution in [2.75, 3.05) is 19.5 Å². The Labute approximate surface area is 129 Å². The molecule has 0 aliphatic heterocycles. The molecular formula is C14H12BrNO5. The van der Waals surface area contributed by atoms with Gasteiger partial charge in [-0.2, -0.15) is 0 Å². The summed E-state index contributed by atoms with van der Waals surface area (Å²) in [5.74, 6) is -0.455. The smallest absolute Gasteiger partial charge is 0.340 e. The minimum Gasteiger partial charge on any atom is -0.497 e. The van der Waals surface area contributed by atoms with Crippen LogP contribution in [0.1, 0.15) is 20.9 Å². The van der Waals surface area contributed by atoms with Crippen LogP contribution in [0.2, 0.25) is 0 Å². The Morgan fingerprint density at radius 1 is 1.19 bits per heavy atom. The van der Waals surface area contributed by atoms with Gasteiger partial charge in [0.15, 0.2) is 10.4 Å². The summed E-state index contributed by atoms with van der Waals surface area (Å²) in [6.45, 7) is 0. The molecule has 7 heteroatoms. The molecule has 0 spiro atoms. The maximum atomic E-state index is 12.0. The molecule has 2 aromatic rings. The van der Waals surface area contributed by atoms with Gasteiger partial charge in [-0.25, -0.2) is 4.79 Å². The van der Waals surface area contributed by atoms with E-state index in [-0.39, 0.29) is 11.3 Å². The minimum atomic E-state index is -0.579. The SMILES string of the molecule is COC(=O)c1cc(OC)ccc1NC(=O)c1ccc(Br)o1. The van der Waals surface area contributed by atoms with Crippen molar-refractivity contribution >= 4 is 33.5 Å². The Morgan fingerprint density at radius 2 is 1.95 bits per heavy atom. The summed E-state index contributed by atoms with van der Waals surface area (Å²) in [6, 6.07) is 7.78. The molecule has 0 fully saturated rings. The third-order valence-electron chi connectivity index (χ3n) is 2.68. The normalized spacial score (nSPS) is 10.0. The van der Waals surface area contributed by atoms with E-state index < -0.39 is 11.9 Å². The van der Waals surface area contributed by atoms with Crippen molar-refractivity contribution < 1.29 is 23.5 Å². The van der Waals surface area contributed by atoms with Crippen molar-refractivity contribution in [1.29, 1.82) is 0 Å². The quantitative estimate of drug-likeness (QED) is 0.854. The van der Waals surface area contributed by atoms with Crippen LogP contribution in [0.15, 0.2) is 39.4 Å². The van der Waals surface area contributed by atoms with Crippen molar-refractivity contribution in [2.24, 2.45) is 0 Å². The number of nitrogens with one attached hydrogen (secondary N) is 1. The maximum absolute atomic E-state index is 12.0. The zero-order valence-corrected chi connectivity index (χ0v) is 12.9. The van der Waals surface area contributed by atoms with E-state index in [1.807, 2.05) is 0 Å². The highest BCUT2D eigenvalue weighted by molar-refractivity contribution is 9.10. The lowest BCUT2D eigenvalue weighted by molar-refractivity contribution is 0.0601. The van der Waals surface area contributed by atoms with Crippen LogP contribution in [-0.4, -0.2) is 26.1 Å². The largest absolute Gasteiger partial charge is 0.497 e. The molecule has 0 saturated carbocycles. The Bertz CT molecular complexity index is 680. The van der Waals surface area contributed by atoms with Crippen LogP contribution in [0.3, 0.4) is 0 Å². The van der Waals surface area contributed by atoms with Gasteiger partial charge in [-0.15, -0.1) is 0 Å². The Hall–Kier alpha value is -2.28. The van der Waals surface area contributed by atoms with Crippen LogP contribution in [0.5, 0.6) is 5.75 Å². The van der Waals surface area contributed by atoms with Crippen molar-refractivity contribution in [3.63, 3.8) is 0 Å². The fourth-order valence-corrected chi connectivity index (χ4v) is 1.96. The number of halogens is 1. The van der Waals surface area contributed by atoms with E-state index in [0.29, 0.717) is 16.1 Å². The third kappa shape index (κ3) is 3.43. The van der Waals surface area contributed by atoms with Gasteiger partial charge in [0.2, 0.25) is 0 Å². The van der Waals surface area contributed by atoms with Crippen LogP contribution >= 0.6 is 15.9 Å². The second kappa shape index (κ2) is 6.45. The second-order valence-electron chi connectivity index (χ2n) is 3.96. The van der Waals surface area contributed by atoms with Gasteiger partial charge in [0, 0.05) is 0 Å². The van der Waals surface area contributed by atoms with Crippen molar-refractivity contribution in [1.82, 2.24) is 0 Å². The van der Waals surface area contributed by atoms with Gasteiger partial charge in [-0.1, -0.05) is 0 Å². The highest BCUT2D eigenvalue weighted by atomic mass is 79.9. The summed E-state index contributed by atoms with van der Waals surface area (Å²) in [6.07, 6.45) is 0. The zero-order valence-electron chi connectivity index (χ0n) is 11.3. The first-order chi connectivity index (χ1) is 10.0. The monoisotopic (exact) mass is 353 g/mol. The van der Waals surface area contributed by atoms with Gasteiger partial charge in [0.05, 0.1) is 25.5 Å². The molecule has 1 amide bonds. The predicted molar refractivity (Wildman–Crippen MR) is 78.7 cm³/mol. The number of methoxy groups -OCH3 is 2. The van der Waals surface area contributed by atoms with E-state index >= 15 is 0 Å².